The van der Waals surface area contributed by atoms with E-state index in [9.17, 15) is 23.1 Å². The smallest absolute Gasteiger partial charge is 0.416 e. The van der Waals surface area contributed by atoms with E-state index in [0.717, 1.165) is 16.0 Å². The van der Waals surface area contributed by atoms with E-state index < -0.39 is 34.2 Å². The normalized spacial score (nSPS) is 12.3. The lowest BCUT2D eigenvalue weighted by Gasteiger charge is -2.26. The van der Waals surface area contributed by atoms with Gasteiger partial charge >= 0.3 is 12.1 Å². The van der Waals surface area contributed by atoms with Crippen LogP contribution in [0, 0.1) is 0 Å². The van der Waals surface area contributed by atoms with Gasteiger partial charge in [-0.1, -0.05) is 69.3 Å². The molecule has 0 aliphatic carbocycles. The number of carboxylic acids is 1. The van der Waals surface area contributed by atoms with Gasteiger partial charge in [-0.25, -0.2) is 18.2 Å². The molecule has 0 aliphatic heterocycles. The summed E-state index contributed by atoms with van der Waals surface area (Å²) in [4.78, 5) is 29.9. The molecule has 0 spiro atoms. The monoisotopic (exact) mass is 567 g/mol. The summed E-state index contributed by atoms with van der Waals surface area (Å²) < 4.78 is 34.2. The second-order valence-electron chi connectivity index (χ2n) is 11.5. The Hall–Kier alpha value is -3.76. The van der Waals surface area contributed by atoms with Crippen molar-refractivity contribution in [2.45, 2.75) is 70.5 Å². The van der Waals surface area contributed by atoms with Gasteiger partial charge in [0.25, 0.3) is 0 Å². The van der Waals surface area contributed by atoms with E-state index >= 15 is 0 Å². The third kappa shape index (κ3) is 8.37. The van der Waals surface area contributed by atoms with Crippen molar-refractivity contribution in [2.24, 2.45) is 0 Å². The molecule has 1 N–H and O–H groups in total. The number of carbonyl (C=O) groups excluding carboxylic acids is 1. The first kappa shape index (κ1) is 30.8. The molecule has 3 aromatic rings. The maximum Gasteiger partial charge on any atom is 0.416 e. The molecule has 0 unspecified atom stereocenters. The highest BCUT2D eigenvalue weighted by atomic mass is 32.2. The third-order valence-electron chi connectivity index (χ3n) is 5.87. The van der Waals surface area contributed by atoms with Crippen molar-refractivity contribution >= 4 is 27.9 Å². The number of sulfonamides is 1. The number of benzene rings is 2. The van der Waals surface area contributed by atoms with Crippen LogP contribution in [-0.4, -0.2) is 47.0 Å². The van der Waals surface area contributed by atoms with Crippen LogP contribution in [-0.2, 0) is 38.1 Å². The maximum atomic E-state index is 13.7. The zero-order valence-electron chi connectivity index (χ0n) is 23.8. The van der Waals surface area contributed by atoms with Crippen molar-refractivity contribution in [2.75, 3.05) is 11.4 Å². The molecule has 40 heavy (non-hydrogen) atoms. The number of nitrogens with zero attached hydrogens (tertiary/aromatic N) is 3. The summed E-state index contributed by atoms with van der Waals surface area (Å²) in [5.41, 5.74) is 1.36. The van der Waals surface area contributed by atoms with E-state index in [1.165, 1.54) is 22.5 Å². The second-order valence-corrected chi connectivity index (χ2v) is 13.4. The minimum absolute atomic E-state index is 0.0424. The fourth-order valence-electron chi connectivity index (χ4n) is 3.86. The molecule has 9 nitrogen and oxygen atoms in total. The van der Waals surface area contributed by atoms with Crippen molar-refractivity contribution in [3.8, 4) is 0 Å². The van der Waals surface area contributed by atoms with Gasteiger partial charge in [-0.2, -0.15) is 4.31 Å². The third-order valence-corrected chi connectivity index (χ3v) is 7.68. The number of aliphatic carboxylic acids is 1. The summed E-state index contributed by atoms with van der Waals surface area (Å²) in [6.45, 7) is 10.7. The van der Waals surface area contributed by atoms with Crippen LogP contribution < -0.4 is 4.90 Å². The average Bonchev–Trinajstić information content (AvgIpc) is 2.86. The van der Waals surface area contributed by atoms with Gasteiger partial charge in [0, 0.05) is 6.54 Å². The van der Waals surface area contributed by atoms with E-state index in [1.54, 1.807) is 51.1 Å². The lowest BCUT2D eigenvalue weighted by atomic mass is 9.87. The molecule has 0 atom stereocenters. The molecule has 0 fully saturated rings. The Labute approximate surface area is 236 Å². The zero-order chi connectivity index (χ0) is 29.7. The predicted octanol–water partition coefficient (Wildman–Crippen LogP) is 5.60. The number of carboxylic acid groups (broad SMARTS) is 1. The van der Waals surface area contributed by atoms with Crippen LogP contribution in [0.25, 0.3) is 0 Å². The largest absolute Gasteiger partial charge is 0.480 e. The van der Waals surface area contributed by atoms with Gasteiger partial charge in [0.15, 0.2) is 0 Å². The van der Waals surface area contributed by atoms with Gasteiger partial charge in [0.2, 0.25) is 10.0 Å². The van der Waals surface area contributed by atoms with Crippen LogP contribution in [0.4, 0.5) is 10.6 Å². The molecule has 0 saturated heterocycles. The Kier molecular flexibility index (Phi) is 9.37. The topological polar surface area (TPSA) is 117 Å². The Morgan fingerprint density at radius 1 is 0.850 bits per heavy atom. The van der Waals surface area contributed by atoms with Gasteiger partial charge in [0.1, 0.15) is 18.0 Å². The molecule has 0 radical (unpaired) electrons. The molecular formula is C30H37N3O6S. The van der Waals surface area contributed by atoms with Crippen molar-refractivity contribution in [3.63, 3.8) is 0 Å². The van der Waals surface area contributed by atoms with Crippen LogP contribution in [0.3, 0.4) is 0 Å². The van der Waals surface area contributed by atoms with Crippen LogP contribution in [0.2, 0.25) is 0 Å². The van der Waals surface area contributed by atoms with Gasteiger partial charge in [-0.15, -0.1) is 0 Å². The predicted molar refractivity (Wildman–Crippen MR) is 153 cm³/mol. The van der Waals surface area contributed by atoms with Crippen molar-refractivity contribution in [1.29, 1.82) is 0 Å². The fraction of sp³-hybridized carbons (Fsp3) is 0.367. The summed E-state index contributed by atoms with van der Waals surface area (Å²) >= 11 is 0. The van der Waals surface area contributed by atoms with Crippen molar-refractivity contribution in [3.05, 3.63) is 89.6 Å². The van der Waals surface area contributed by atoms with Gasteiger partial charge < -0.3 is 9.84 Å². The molecule has 0 aliphatic rings. The van der Waals surface area contributed by atoms with E-state index in [1.807, 2.05) is 24.3 Å². The Balaban J connectivity index is 1.98. The second kappa shape index (κ2) is 12.2. The minimum Gasteiger partial charge on any atom is -0.480 e. The Bertz CT molecular complexity index is 1430. The first-order valence-electron chi connectivity index (χ1n) is 12.9. The quantitative estimate of drug-likeness (QED) is 0.358. The standard InChI is InChI=1S/C30H37N3O6S/c1-29(2,3)23-17-15-22(16-18-23)19-32(40(37,38)25-12-8-7-9-13-25)20-24-11-10-14-26(31-24)33(21-27(34)35)28(36)39-30(4,5)6/h7-18H,19-21H2,1-6H3,(H,34,35). The number of ether oxygens (including phenoxy) is 1. The van der Waals surface area contributed by atoms with Gasteiger partial charge in [-0.05, 0) is 61.6 Å². The number of pyridine rings is 1. The summed E-state index contributed by atoms with van der Waals surface area (Å²) in [7, 11) is -3.93. The van der Waals surface area contributed by atoms with Crippen molar-refractivity contribution < 1.29 is 27.9 Å². The molecule has 214 valence electrons. The van der Waals surface area contributed by atoms with E-state index in [4.69, 9.17) is 4.74 Å². The van der Waals surface area contributed by atoms with Crippen LogP contribution in [0.15, 0.2) is 77.7 Å². The van der Waals surface area contributed by atoms with Gasteiger partial charge in [0.05, 0.1) is 17.1 Å². The van der Waals surface area contributed by atoms with Crippen LogP contribution in [0.5, 0.6) is 0 Å². The number of rotatable bonds is 9. The maximum absolute atomic E-state index is 13.7. The molecule has 1 aromatic heterocycles. The molecule has 10 heteroatoms. The fourth-order valence-corrected chi connectivity index (χ4v) is 5.28. The van der Waals surface area contributed by atoms with Crippen molar-refractivity contribution in [1.82, 2.24) is 9.29 Å². The highest BCUT2D eigenvalue weighted by Crippen LogP contribution is 2.25. The number of carbonyl (C=O) groups is 2. The number of hydrogen-bond acceptors (Lipinski definition) is 6. The number of hydrogen-bond donors (Lipinski definition) is 1. The average molecular weight is 568 g/mol. The molecule has 0 bridgehead atoms. The summed E-state index contributed by atoms with van der Waals surface area (Å²) in [5.74, 6) is -1.20. The minimum atomic E-state index is -3.93. The van der Waals surface area contributed by atoms with Crippen LogP contribution >= 0.6 is 0 Å². The highest BCUT2D eigenvalue weighted by molar-refractivity contribution is 7.89. The summed E-state index contributed by atoms with van der Waals surface area (Å²) in [6, 6.07) is 20.7. The molecule has 2 aromatic carbocycles. The molecular weight excluding hydrogens is 530 g/mol. The van der Waals surface area contributed by atoms with E-state index in [-0.39, 0.29) is 29.2 Å². The Morgan fingerprint density at radius 3 is 2.02 bits per heavy atom. The lowest BCUT2D eigenvalue weighted by molar-refractivity contribution is -0.135. The molecule has 0 saturated carbocycles. The summed E-state index contributed by atoms with van der Waals surface area (Å²) in [6.07, 6.45) is -0.868. The summed E-state index contributed by atoms with van der Waals surface area (Å²) in [5, 5.41) is 9.41. The van der Waals surface area contributed by atoms with E-state index in [2.05, 4.69) is 25.8 Å². The van der Waals surface area contributed by atoms with Gasteiger partial charge in [-0.3, -0.25) is 9.69 Å². The first-order valence-corrected chi connectivity index (χ1v) is 14.3. The highest BCUT2D eigenvalue weighted by Gasteiger charge is 2.28. The molecule has 1 heterocycles. The zero-order valence-corrected chi connectivity index (χ0v) is 24.6. The number of amides is 1. The van der Waals surface area contributed by atoms with Crippen LogP contribution in [0.1, 0.15) is 58.4 Å². The molecule has 1 amide bonds. The number of anilines is 1. The van der Waals surface area contributed by atoms with E-state index in [0.29, 0.717) is 5.69 Å². The first-order chi connectivity index (χ1) is 18.6. The SMILES string of the molecule is CC(C)(C)OC(=O)N(CC(=O)O)c1cccc(CN(Cc2ccc(C(C)(C)C)cc2)S(=O)(=O)c2ccccc2)n1. The molecule has 3 rings (SSSR count). The number of aromatic nitrogens is 1. The lowest BCUT2D eigenvalue weighted by Crippen LogP contribution is -2.40. The Morgan fingerprint density at radius 2 is 1.48 bits per heavy atom.